The van der Waals surface area contributed by atoms with Crippen LogP contribution in [0.1, 0.15) is 18.4 Å². The van der Waals surface area contributed by atoms with Crippen LogP contribution in [0.25, 0.3) is 11.4 Å². The van der Waals surface area contributed by atoms with Gasteiger partial charge in [0.15, 0.2) is 11.0 Å². The Balaban J connectivity index is 1.58. The van der Waals surface area contributed by atoms with Gasteiger partial charge in [0.05, 0.1) is 12.0 Å². The zero-order chi connectivity index (χ0) is 18.4. The molecule has 0 radical (unpaired) electrons. The Kier molecular flexibility index (Phi) is 5.85. The highest BCUT2D eigenvalue weighted by Gasteiger charge is 2.14. The highest BCUT2D eigenvalue weighted by atomic mass is 32.2. The number of aromatic nitrogens is 3. The summed E-state index contributed by atoms with van der Waals surface area (Å²) < 4.78 is 7.33. The molecule has 2 heterocycles. The first-order chi connectivity index (χ1) is 12.7. The summed E-state index contributed by atoms with van der Waals surface area (Å²) in [5, 5.41) is 13.1. The van der Waals surface area contributed by atoms with E-state index in [1.807, 2.05) is 54.8 Å². The highest BCUT2D eigenvalue weighted by molar-refractivity contribution is 7.99. The number of hydrogen-bond acceptors (Lipinski definition) is 6. The Hall–Kier alpha value is -2.87. The van der Waals surface area contributed by atoms with Crippen molar-refractivity contribution in [3.05, 3.63) is 54.0 Å². The number of nitrogens with zero attached hydrogens (tertiary/aromatic N) is 4. The Morgan fingerprint density at radius 1 is 1.27 bits per heavy atom. The number of rotatable bonds is 7. The first-order valence-electron chi connectivity index (χ1n) is 8.17. The number of benzene rings is 1. The number of hydrazone groups is 1. The van der Waals surface area contributed by atoms with Gasteiger partial charge in [0.2, 0.25) is 0 Å². The number of hydrogen-bond donors (Lipinski definition) is 1. The number of thioether (sulfide) groups is 1. The molecule has 134 valence electrons. The van der Waals surface area contributed by atoms with Crippen molar-refractivity contribution in [1.29, 1.82) is 0 Å². The third-order valence-corrected chi connectivity index (χ3v) is 4.51. The summed E-state index contributed by atoms with van der Waals surface area (Å²) in [6, 6.07) is 13.5. The maximum Gasteiger partial charge on any atom is 0.250 e. The predicted octanol–water partition coefficient (Wildman–Crippen LogP) is 3.11. The van der Waals surface area contributed by atoms with Crippen LogP contribution in [-0.2, 0) is 11.3 Å². The van der Waals surface area contributed by atoms with Gasteiger partial charge in [0.25, 0.3) is 5.91 Å². The molecule has 0 fully saturated rings. The molecule has 0 aliphatic rings. The van der Waals surface area contributed by atoms with Crippen LogP contribution in [0.5, 0.6) is 0 Å². The number of aryl methyl sites for hydroxylation is 1. The molecule has 1 aromatic carbocycles. The van der Waals surface area contributed by atoms with Crippen molar-refractivity contribution in [2.75, 3.05) is 5.75 Å². The second kappa shape index (κ2) is 8.48. The molecule has 3 rings (SSSR count). The van der Waals surface area contributed by atoms with Gasteiger partial charge in [-0.25, -0.2) is 5.43 Å². The topological polar surface area (TPSA) is 85.3 Å². The summed E-state index contributed by atoms with van der Waals surface area (Å²) in [5.41, 5.74) is 3.48. The zero-order valence-electron chi connectivity index (χ0n) is 14.5. The van der Waals surface area contributed by atoms with Crippen LogP contribution in [-0.4, -0.2) is 32.6 Å². The van der Waals surface area contributed by atoms with Gasteiger partial charge < -0.3 is 8.98 Å². The molecule has 1 amide bonds. The van der Waals surface area contributed by atoms with Crippen LogP contribution < -0.4 is 5.43 Å². The minimum Gasteiger partial charge on any atom is -0.460 e. The van der Waals surface area contributed by atoms with E-state index in [-0.39, 0.29) is 11.7 Å². The summed E-state index contributed by atoms with van der Waals surface area (Å²) in [7, 11) is 0. The molecule has 0 spiro atoms. The standard InChI is InChI=1S/C18H19N5O2S/c1-3-23-17(14-7-5-4-6-8-14)21-22-18(23)26-12-16(24)20-19-11-15-10-9-13(2)25-15/h4-11H,3,12H2,1-2H3,(H,20,24)/b19-11-. The zero-order valence-corrected chi connectivity index (χ0v) is 15.4. The molecule has 0 bridgehead atoms. The third-order valence-electron chi connectivity index (χ3n) is 3.54. The summed E-state index contributed by atoms with van der Waals surface area (Å²) in [6.07, 6.45) is 1.47. The van der Waals surface area contributed by atoms with E-state index in [9.17, 15) is 4.79 Å². The lowest BCUT2D eigenvalue weighted by Crippen LogP contribution is -2.20. The maximum atomic E-state index is 12.0. The van der Waals surface area contributed by atoms with Crippen molar-refractivity contribution >= 4 is 23.9 Å². The molecule has 8 heteroatoms. The lowest BCUT2D eigenvalue weighted by Gasteiger charge is -2.06. The summed E-state index contributed by atoms with van der Waals surface area (Å²) >= 11 is 1.33. The number of carbonyl (C=O) groups is 1. The summed E-state index contributed by atoms with van der Waals surface area (Å²) in [6.45, 7) is 4.59. The van der Waals surface area contributed by atoms with E-state index >= 15 is 0 Å². The molecule has 2 aromatic heterocycles. The lowest BCUT2D eigenvalue weighted by atomic mass is 10.2. The van der Waals surface area contributed by atoms with Crippen LogP contribution in [0.15, 0.2) is 57.1 Å². The molecule has 26 heavy (non-hydrogen) atoms. The molecule has 7 nitrogen and oxygen atoms in total. The van der Waals surface area contributed by atoms with Crippen molar-refractivity contribution in [3.63, 3.8) is 0 Å². The number of carbonyl (C=O) groups excluding carboxylic acids is 1. The van der Waals surface area contributed by atoms with Crippen molar-refractivity contribution < 1.29 is 9.21 Å². The fourth-order valence-electron chi connectivity index (χ4n) is 2.33. The molecule has 0 aliphatic heterocycles. The van der Waals surface area contributed by atoms with Crippen molar-refractivity contribution in [2.45, 2.75) is 25.5 Å². The second-order valence-corrected chi connectivity index (χ2v) is 6.39. The summed E-state index contributed by atoms with van der Waals surface area (Å²) in [4.78, 5) is 12.0. The van der Waals surface area contributed by atoms with Crippen molar-refractivity contribution in [3.8, 4) is 11.4 Å². The fourth-order valence-corrected chi connectivity index (χ4v) is 3.13. The normalized spacial score (nSPS) is 11.2. The van der Waals surface area contributed by atoms with Crippen LogP contribution in [0.4, 0.5) is 0 Å². The largest absolute Gasteiger partial charge is 0.460 e. The average molecular weight is 369 g/mol. The lowest BCUT2D eigenvalue weighted by molar-refractivity contribution is -0.118. The van der Waals surface area contributed by atoms with Gasteiger partial charge in [0.1, 0.15) is 11.5 Å². The van der Waals surface area contributed by atoms with Gasteiger partial charge in [-0.2, -0.15) is 5.10 Å². The van der Waals surface area contributed by atoms with Gasteiger partial charge in [-0.05, 0) is 26.0 Å². The summed E-state index contributed by atoms with van der Waals surface area (Å²) in [5.74, 6) is 2.15. The Labute approximate surface area is 155 Å². The molecule has 0 saturated carbocycles. The molecular formula is C18H19N5O2S. The van der Waals surface area contributed by atoms with E-state index in [1.165, 1.54) is 18.0 Å². The Morgan fingerprint density at radius 2 is 2.08 bits per heavy atom. The van der Waals surface area contributed by atoms with Gasteiger partial charge in [-0.1, -0.05) is 42.1 Å². The molecule has 1 N–H and O–H groups in total. The molecule has 0 atom stereocenters. The number of amides is 1. The van der Waals surface area contributed by atoms with Crippen molar-refractivity contribution in [1.82, 2.24) is 20.2 Å². The van der Waals surface area contributed by atoms with E-state index in [0.717, 1.165) is 23.7 Å². The van der Waals surface area contributed by atoms with E-state index in [4.69, 9.17) is 4.42 Å². The van der Waals surface area contributed by atoms with E-state index < -0.39 is 0 Å². The minimum absolute atomic E-state index is 0.196. The number of furan rings is 1. The highest BCUT2D eigenvalue weighted by Crippen LogP contribution is 2.23. The maximum absolute atomic E-state index is 12.0. The third kappa shape index (κ3) is 4.40. The number of nitrogens with one attached hydrogen (secondary N) is 1. The van der Waals surface area contributed by atoms with Gasteiger partial charge in [0, 0.05) is 12.1 Å². The predicted molar refractivity (Wildman–Crippen MR) is 101 cm³/mol. The quantitative estimate of drug-likeness (QED) is 0.393. The monoisotopic (exact) mass is 369 g/mol. The van der Waals surface area contributed by atoms with E-state index in [1.54, 1.807) is 6.07 Å². The van der Waals surface area contributed by atoms with Gasteiger partial charge in [-0.15, -0.1) is 10.2 Å². The smallest absolute Gasteiger partial charge is 0.250 e. The molecule has 0 saturated heterocycles. The van der Waals surface area contributed by atoms with Crippen LogP contribution in [0.2, 0.25) is 0 Å². The first-order valence-corrected chi connectivity index (χ1v) is 9.15. The Morgan fingerprint density at radius 3 is 2.77 bits per heavy atom. The van der Waals surface area contributed by atoms with Gasteiger partial charge >= 0.3 is 0 Å². The second-order valence-electron chi connectivity index (χ2n) is 5.45. The van der Waals surface area contributed by atoms with Crippen LogP contribution >= 0.6 is 11.8 Å². The van der Waals surface area contributed by atoms with E-state index in [0.29, 0.717) is 10.9 Å². The Bertz CT molecular complexity index is 901. The van der Waals surface area contributed by atoms with E-state index in [2.05, 4.69) is 20.7 Å². The minimum atomic E-state index is -0.221. The molecular weight excluding hydrogens is 350 g/mol. The van der Waals surface area contributed by atoms with Crippen LogP contribution in [0, 0.1) is 6.92 Å². The van der Waals surface area contributed by atoms with Crippen LogP contribution in [0.3, 0.4) is 0 Å². The molecule has 0 aliphatic carbocycles. The average Bonchev–Trinajstić information content (AvgIpc) is 3.26. The first kappa shape index (κ1) is 17.9. The van der Waals surface area contributed by atoms with Crippen molar-refractivity contribution in [2.24, 2.45) is 5.10 Å². The van der Waals surface area contributed by atoms with Gasteiger partial charge in [-0.3, -0.25) is 4.79 Å². The fraction of sp³-hybridized carbons (Fsp3) is 0.222. The molecule has 0 unspecified atom stereocenters. The molecule has 3 aromatic rings. The SMILES string of the molecule is CCn1c(SCC(=O)N/N=C\c2ccc(C)o2)nnc1-c1ccccc1.